The summed E-state index contributed by atoms with van der Waals surface area (Å²) in [6, 6.07) is 7.51. The smallest absolute Gasteiger partial charge is 0.162 e. The number of nitrogens with zero attached hydrogens (tertiary/aromatic N) is 3. The van der Waals surface area contributed by atoms with E-state index in [0.717, 1.165) is 11.4 Å². The summed E-state index contributed by atoms with van der Waals surface area (Å²) in [4.78, 5) is 8.24. The molecule has 0 radical (unpaired) electrons. The normalized spacial score (nSPS) is 10.0. The van der Waals surface area contributed by atoms with Gasteiger partial charge < -0.3 is 10.1 Å². The van der Waals surface area contributed by atoms with Gasteiger partial charge in [0.25, 0.3) is 0 Å². The lowest BCUT2D eigenvalue weighted by atomic mass is 10.3. The number of ether oxygens (including phenoxy) is 1. The summed E-state index contributed by atoms with van der Waals surface area (Å²) in [5.74, 6) is 1.96. The number of anilines is 2. The Bertz CT molecular complexity index is 568. The van der Waals surface area contributed by atoms with Gasteiger partial charge in [-0.25, -0.2) is 15.5 Å². The second kappa shape index (κ2) is 5.90. The molecule has 19 heavy (non-hydrogen) atoms. The summed E-state index contributed by atoms with van der Waals surface area (Å²) in [5.41, 5.74) is 8.35. The molecular formula is C13H15N5O. The molecule has 2 N–H and O–H groups in total. The van der Waals surface area contributed by atoms with Crippen LogP contribution in [0.15, 0.2) is 35.6 Å². The lowest BCUT2D eigenvalue weighted by Gasteiger charge is -2.09. The molecule has 0 aliphatic rings. The number of hydrogen-bond donors (Lipinski definition) is 2. The van der Waals surface area contributed by atoms with Crippen molar-refractivity contribution in [3.05, 3.63) is 36.3 Å². The molecule has 1 aromatic heterocycles. The second-order valence-corrected chi connectivity index (χ2v) is 3.85. The monoisotopic (exact) mass is 257 g/mol. The number of benzene rings is 1. The van der Waals surface area contributed by atoms with Gasteiger partial charge in [-0.05, 0) is 38.1 Å². The average molecular weight is 257 g/mol. The molecule has 0 atom stereocenters. The third kappa shape index (κ3) is 3.25. The van der Waals surface area contributed by atoms with E-state index in [-0.39, 0.29) is 0 Å². The van der Waals surface area contributed by atoms with Crippen LogP contribution < -0.4 is 10.1 Å². The molecule has 0 spiro atoms. The Balaban J connectivity index is 2.20. The first-order valence-corrected chi connectivity index (χ1v) is 5.94. The lowest BCUT2D eigenvalue weighted by Crippen LogP contribution is -1.97. The van der Waals surface area contributed by atoms with Crippen molar-refractivity contribution >= 4 is 17.2 Å². The van der Waals surface area contributed by atoms with Gasteiger partial charge in [0.15, 0.2) is 5.82 Å². The molecule has 0 fully saturated rings. The molecule has 0 aliphatic heterocycles. The Labute approximate surface area is 111 Å². The van der Waals surface area contributed by atoms with Crippen LogP contribution in [-0.2, 0) is 0 Å². The molecule has 0 unspecified atom stereocenters. The van der Waals surface area contributed by atoms with E-state index in [1.54, 1.807) is 6.92 Å². The van der Waals surface area contributed by atoms with Crippen LogP contribution in [0.1, 0.15) is 12.7 Å². The number of aryl methyl sites for hydroxylation is 1. The summed E-state index contributed by atoms with van der Waals surface area (Å²) < 4.78 is 5.37. The Morgan fingerprint density at radius 2 is 2.05 bits per heavy atom. The quantitative estimate of drug-likeness (QED) is 0.802. The van der Waals surface area contributed by atoms with Crippen LogP contribution in [0, 0.1) is 12.5 Å². The van der Waals surface area contributed by atoms with Gasteiger partial charge in [0.1, 0.15) is 17.3 Å². The molecule has 0 bridgehead atoms. The highest BCUT2D eigenvalue weighted by molar-refractivity contribution is 5.67. The van der Waals surface area contributed by atoms with Gasteiger partial charge in [-0.15, -0.1) is 0 Å². The third-order valence-electron chi connectivity index (χ3n) is 2.44. The zero-order valence-corrected chi connectivity index (χ0v) is 10.8. The summed E-state index contributed by atoms with van der Waals surface area (Å²) in [6.07, 6.45) is 1.52. The molecule has 2 rings (SSSR count). The van der Waals surface area contributed by atoms with Gasteiger partial charge in [0, 0.05) is 5.69 Å². The van der Waals surface area contributed by atoms with E-state index in [0.29, 0.717) is 23.9 Å². The van der Waals surface area contributed by atoms with E-state index < -0.39 is 0 Å². The Hall–Kier alpha value is -2.50. The molecule has 0 saturated heterocycles. The summed E-state index contributed by atoms with van der Waals surface area (Å²) >= 11 is 0. The predicted molar refractivity (Wildman–Crippen MR) is 72.5 cm³/mol. The highest BCUT2D eigenvalue weighted by atomic mass is 16.5. The van der Waals surface area contributed by atoms with E-state index in [4.69, 9.17) is 10.3 Å². The van der Waals surface area contributed by atoms with Crippen LogP contribution in [0.4, 0.5) is 17.2 Å². The van der Waals surface area contributed by atoms with Crippen LogP contribution in [0.5, 0.6) is 5.75 Å². The molecule has 98 valence electrons. The maximum atomic E-state index is 7.09. The number of aromatic nitrogens is 2. The fraction of sp³-hybridized carbons (Fsp3) is 0.231. The fourth-order valence-corrected chi connectivity index (χ4v) is 1.58. The Morgan fingerprint density at radius 3 is 2.68 bits per heavy atom. The highest BCUT2D eigenvalue weighted by Gasteiger charge is 2.05. The lowest BCUT2D eigenvalue weighted by molar-refractivity contribution is 0.340. The minimum Gasteiger partial charge on any atom is -0.494 e. The van der Waals surface area contributed by atoms with Gasteiger partial charge in [-0.3, -0.25) is 0 Å². The van der Waals surface area contributed by atoms with Crippen LogP contribution >= 0.6 is 0 Å². The average Bonchev–Trinajstić information content (AvgIpc) is 2.42. The first-order valence-electron chi connectivity index (χ1n) is 5.94. The Kier molecular flexibility index (Phi) is 4.02. The molecular weight excluding hydrogens is 242 g/mol. The molecule has 6 heteroatoms. The van der Waals surface area contributed by atoms with Crippen LogP contribution in [0.2, 0.25) is 0 Å². The second-order valence-electron chi connectivity index (χ2n) is 3.85. The highest BCUT2D eigenvalue weighted by Crippen LogP contribution is 2.26. The minimum absolute atomic E-state index is 0.402. The van der Waals surface area contributed by atoms with E-state index in [1.807, 2.05) is 31.2 Å². The Morgan fingerprint density at radius 1 is 1.32 bits per heavy atom. The van der Waals surface area contributed by atoms with Gasteiger partial charge in [-0.1, -0.05) is 0 Å². The first-order chi connectivity index (χ1) is 9.22. The van der Waals surface area contributed by atoms with E-state index in [2.05, 4.69) is 20.4 Å². The third-order valence-corrected chi connectivity index (χ3v) is 2.44. The van der Waals surface area contributed by atoms with Crippen molar-refractivity contribution < 1.29 is 4.74 Å². The summed E-state index contributed by atoms with van der Waals surface area (Å²) in [6.45, 7) is 4.37. The van der Waals surface area contributed by atoms with Crippen molar-refractivity contribution in [1.29, 1.82) is 5.53 Å². The van der Waals surface area contributed by atoms with Crippen molar-refractivity contribution in [2.75, 3.05) is 11.9 Å². The molecule has 1 aromatic carbocycles. The van der Waals surface area contributed by atoms with Crippen molar-refractivity contribution in [2.24, 2.45) is 5.11 Å². The molecule has 0 saturated carbocycles. The molecule has 0 aliphatic carbocycles. The van der Waals surface area contributed by atoms with Crippen LogP contribution in [0.25, 0.3) is 0 Å². The van der Waals surface area contributed by atoms with E-state index in [1.165, 1.54) is 6.20 Å². The van der Waals surface area contributed by atoms with Crippen LogP contribution in [0.3, 0.4) is 0 Å². The van der Waals surface area contributed by atoms with Crippen LogP contribution in [-0.4, -0.2) is 16.6 Å². The maximum Gasteiger partial charge on any atom is 0.162 e. The van der Waals surface area contributed by atoms with Gasteiger partial charge in [0.05, 0.1) is 12.8 Å². The van der Waals surface area contributed by atoms with Crippen molar-refractivity contribution in [1.82, 2.24) is 9.97 Å². The molecule has 2 aromatic rings. The predicted octanol–water partition coefficient (Wildman–Crippen LogP) is 3.59. The number of rotatable bonds is 5. The van der Waals surface area contributed by atoms with Crippen molar-refractivity contribution in [3.63, 3.8) is 0 Å². The summed E-state index contributed by atoms with van der Waals surface area (Å²) in [7, 11) is 0. The zero-order chi connectivity index (χ0) is 13.7. The molecule has 6 nitrogen and oxygen atoms in total. The van der Waals surface area contributed by atoms with Gasteiger partial charge in [0.2, 0.25) is 0 Å². The van der Waals surface area contributed by atoms with Gasteiger partial charge in [-0.2, -0.15) is 5.11 Å². The summed E-state index contributed by atoms with van der Waals surface area (Å²) in [5, 5.41) is 6.51. The minimum atomic E-state index is 0.402. The maximum absolute atomic E-state index is 7.09. The number of hydrogen-bond acceptors (Lipinski definition) is 6. The van der Waals surface area contributed by atoms with Gasteiger partial charge >= 0.3 is 0 Å². The largest absolute Gasteiger partial charge is 0.494 e. The van der Waals surface area contributed by atoms with E-state index >= 15 is 0 Å². The zero-order valence-electron chi connectivity index (χ0n) is 10.8. The first kappa shape index (κ1) is 12.9. The molecule has 0 amide bonds. The van der Waals surface area contributed by atoms with E-state index in [9.17, 15) is 0 Å². The SMILES string of the molecule is CCOc1ccc(Nc2nc(C)ncc2N=N)cc1. The molecule has 1 heterocycles. The fourth-order valence-electron chi connectivity index (χ4n) is 1.58. The number of nitrogens with one attached hydrogen (secondary N) is 2. The van der Waals surface area contributed by atoms with Crippen molar-refractivity contribution in [2.45, 2.75) is 13.8 Å². The standard InChI is InChI=1S/C13H15N5O/c1-3-19-11-6-4-10(5-7-11)17-13-12(18-14)8-15-9(2)16-13/h4-8,14H,3H2,1-2H3,(H,15,16,17). The topological polar surface area (TPSA) is 83.2 Å². The van der Waals surface area contributed by atoms with Crippen molar-refractivity contribution in [3.8, 4) is 5.75 Å².